The molecule has 1 aromatic heterocycles. The van der Waals surface area contributed by atoms with Crippen LogP contribution in [0.3, 0.4) is 0 Å². The van der Waals surface area contributed by atoms with Crippen LogP contribution in [0.4, 0.5) is 30.4 Å². The van der Waals surface area contributed by atoms with Crippen molar-refractivity contribution in [1.29, 1.82) is 0 Å². The molecular formula is C35H33Cl2F3N6O3. The molecule has 0 spiro atoms. The molecule has 0 radical (unpaired) electrons. The molecule has 1 fully saturated rings. The van der Waals surface area contributed by atoms with Crippen LogP contribution < -0.4 is 20.1 Å². The smallest absolute Gasteiger partial charge is 0.416 e. The van der Waals surface area contributed by atoms with Crippen LogP contribution >= 0.6 is 23.2 Å². The molecule has 1 aliphatic rings. The van der Waals surface area contributed by atoms with Crippen molar-refractivity contribution in [3.05, 3.63) is 98.2 Å². The van der Waals surface area contributed by atoms with Gasteiger partial charge in [-0.3, -0.25) is 9.69 Å². The fourth-order valence-corrected chi connectivity index (χ4v) is 5.72. The Kier molecular flexibility index (Phi) is 11.2. The van der Waals surface area contributed by atoms with Gasteiger partial charge in [-0.2, -0.15) is 13.2 Å². The molecule has 0 aliphatic carbocycles. The first kappa shape index (κ1) is 35.8. The van der Waals surface area contributed by atoms with E-state index in [1.54, 1.807) is 36.4 Å². The minimum absolute atomic E-state index is 0.0478. The molecule has 14 heteroatoms. The van der Waals surface area contributed by atoms with Gasteiger partial charge in [0.25, 0.3) is 5.91 Å². The Morgan fingerprint density at radius 3 is 2.22 bits per heavy atom. The monoisotopic (exact) mass is 712 g/mol. The standard InChI is InChI=1S/C35H33Cl2F3N6O3/c1-21-5-6-23(34(47)41-26-10-8-24(27(18-26)35(38,39)40)20-46-15-13-45(2)14-16-46)17-22(21)7-9-25-11-12-30(44-43-25)42-33-31(36)28(48-3)19-29(49-4)32(33)37/h5-6,8,10-12,17-19H,13-16,20H2,1-4H3,(H,41,47)(H,42,44). The maximum absolute atomic E-state index is 14.0. The molecule has 9 nitrogen and oxygen atoms in total. The van der Waals surface area contributed by atoms with Crippen LogP contribution in [0.1, 0.15) is 38.3 Å². The highest BCUT2D eigenvalue weighted by Gasteiger charge is 2.34. The van der Waals surface area contributed by atoms with Crippen LogP contribution in [0.5, 0.6) is 11.5 Å². The van der Waals surface area contributed by atoms with Crippen molar-refractivity contribution >= 4 is 46.3 Å². The normalized spacial score (nSPS) is 13.7. The lowest BCUT2D eigenvalue weighted by Gasteiger charge is -2.33. The van der Waals surface area contributed by atoms with E-state index in [9.17, 15) is 18.0 Å². The lowest BCUT2D eigenvalue weighted by atomic mass is 10.0. The molecule has 0 bridgehead atoms. The molecule has 49 heavy (non-hydrogen) atoms. The van der Waals surface area contributed by atoms with Gasteiger partial charge in [-0.1, -0.05) is 41.3 Å². The minimum atomic E-state index is -4.57. The molecule has 0 saturated carbocycles. The number of carbonyl (C=O) groups is 1. The first-order valence-corrected chi connectivity index (χ1v) is 15.9. The van der Waals surface area contributed by atoms with Crippen molar-refractivity contribution in [2.75, 3.05) is 58.1 Å². The predicted octanol–water partition coefficient (Wildman–Crippen LogP) is 7.27. The molecule has 5 rings (SSSR count). The zero-order valence-corrected chi connectivity index (χ0v) is 28.6. The first-order valence-electron chi connectivity index (χ1n) is 15.1. The second kappa shape index (κ2) is 15.3. The number of methoxy groups -OCH3 is 2. The maximum atomic E-state index is 14.0. The molecule has 1 aliphatic heterocycles. The van der Waals surface area contributed by atoms with E-state index in [-0.39, 0.29) is 33.4 Å². The number of halogens is 5. The van der Waals surface area contributed by atoms with Crippen molar-refractivity contribution < 1.29 is 27.4 Å². The van der Waals surface area contributed by atoms with E-state index in [4.69, 9.17) is 32.7 Å². The van der Waals surface area contributed by atoms with Crippen LogP contribution in [0, 0.1) is 18.8 Å². The second-order valence-electron chi connectivity index (χ2n) is 11.4. The number of aromatic nitrogens is 2. The summed E-state index contributed by atoms with van der Waals surface area (Å²) in [6.45, 7) is 4.97. The molecule has 4 aromatic rings. The van der Waals surface area contributed by atoms with Gasteiger partial charge in [0.15, 0.2) is 5.82 Å². The summed E-state index contributed by atoms with van der Waals surface area (Å²) >= 11 is 12.9. The number of aryl methyl sites for hydroxylation is 1. The Morgan fingerprint density at radius 1 is 0.918 bits per heavy atom. The predicted molar refractivity (Wildman–Crippen MR) is 184 cm³/mol. The summed E-state index contributed by atoms with van der Waals surface area (Å²) < 4.78 is 52.7. The third-order valence-electron chi connectivity index (χ3n) is 7.98. The number of benzene rings is 3. The summed E-state index contributed by atoms with van der Waals surface area (Å²) in [7, 11) is 4.93. The number of nitrogens with one attached hydrogen (secondary N) is 2. The Bertz CT molecular complexity index is 1880. The van der Waals surface area contributed by atoms with Crippen molar-refractivity contribution in [2.45, 2.75) is 19.6 Å². The molecule has 2 heterocycles. The van der Waals surface area contributed by atoms with Gasteiger partial charge >= 0.3 is 6.18 Å². The van der Waals surface area contributed by atoms with E-state index in [0.717, 1.165) is 24.7 Å². The third kappa shape index (κ3) is 8.74. The highest BCUT2D eigenvalue weighted by molar-refractivity contribution is 6.41. The van der Waals surface area contributed by atoms with Gasteiger partial charge in [-0.05, 0) is 67.4 Å². The van der Waals surface area contributed by atoms with Gasteiger partial charge in [0.2, 0.25) is 0 Å². The maximum Gasteiger partial charge on any atom is 0.416 e. The average Bonchev–Trinajstić information content (AvgIpc) is 3.08. The number of carbonyl (C=O) groups excluding carboxylic acids is 1. The number of amides is 1. The lowest BCUT2D eigenvalue weighted by molar-refractivity contribution is -0.138. The number of rotatable bonds is 8. The van der Waals surface area contributed by atoms with Gasteiger partial charge < -0.3 is 25.0 Å². The van der Waals surface area contributed by atoms with E-state index in [1.807, 2.05) is 18.9 Å². The van der Waals surface area contributed by atoms with Crippen LogP contribution in [0.25, 0.3) is 0 Å². The third-order valence-corrected chi connectivity index (χ3v) is 8.73. The number of hydrogen-bond donors (Lipinski definition) is 2. The van der Waals surface area contributed by atoms with Crippen LogP contribution in [-0.2, 0) is 12.7 Å². The number of hydrogen-bond acceptors (Lipinski definition) is 8. The van der Waals surface area contributed by atoms with Gasteiger partial charge in [-0.25, -0.2) is 0 Å². The second-order valence-corrected chi connectivity index (χ2v) is 12.2. The van der Waals surface area contributed by atoms with E-state index < -0.39 is 17.6 Å². The molecule has 0 atom stereocenters. The molecule has 0 unspecified atom stereocenters. The summed E-state index contributed by atoms with van der Waals surface area (Å²) in [6.07, 6.45) is -4.57. The van der Waals surface area contributed by atoms with Gasteiger partial charge in [0, 0.05) is 55.6 Å². The topological polar surface area (TPSA) is 91.9 Å². The fourth-order valence-electron chi connectivity index (χ4n) is 5.12. The van der Waals surface area contributed by atoms with Crippen LogP contribution in [0.15, 0.2) is 54.6 Å². The average molecular weight is 714 g/mol. The van der Waals surface area contributed by atoms with Crippen molar-refractivity contribution in [2.24, 2.45) is 0 Å². The van der Waals surface area contributed by atoms with Gasteiger partial charge in [-0.15, -0.1) is 10.2 Å². The Morgan fingerprint density at radius 2 is 1.61 bits per heavy atom. The molecule has 1 saturated heterocycles. The quantitative estimate of drug-likeness (QED) is 0.184. The van der Waals surface area contributed by atoms with Gasteiger partial charge in [0.05, 0.1) is 25.5 Å². The SMILES string of the molecule is COc1cc(OC)c(Cl)c(Nc2ccc(C#Cc3cc(C(=O)Nc4ccc(CN5CCN(C)CC5)c(C(F)(F)F)c4)ccc3C)nn2)c1Cl. The number of anilines is 3. The van der Waals surface area contributed by atoms with Crippen molar-refractivity contribution in [3.8, 4) is 23.3 Å². The summed E-state index contributed by atoms with van der Waals surface area (Å²) in [5, 5.41) is 14.4. The number of ether oxygens (including phenoxy) is 2. The zero-order chi connectivity index (χ0) is 35.3. The molecule has 256 valence electrons. The summed E-state index contributed by atoms with van der Waals surface area (Å²) in [6, 6.07) is 13.6. The summed E-state index contributed by atoms with van der Waals surface area (Å²) in [5.74, 6) is 6.40. The number of alkyl halides is 3. The zero-order valence-electron chi connectivity index (χ0n) is 27.1. The number of likely N-dealkylation sites (N-methyl/N-ethyl adjacent to an activating group) is 1. The first-order chi connectivity index (χ1) is 23.4. The van der Waals surface area contributed by atoms with E-state index in [2.05, 4.69) is 37.6 Å². The van der Waals surface area contributed by atoms with Crippen molar-refractivity contribution in [3.63, 3.8) is 0 Å². The molecule has 2 N–H and O–H groups in total. The van der Waals surface area contributed by atoms with Crippen molar-refractivity contribution in [1.82, 2.24) is 20.0 Å². The number of nitrogens with zero attached hydrogens (tertiary/aromatic N) is 4. The summed E-state index contributed by atoms with van der Waals surface area (Å²) in [4.78, 5) is 17.3. The Hall–Kier alpha value is -4.54. The lowest BCUT2D eigenvalue weighted by Crippen LogP contribution is -2.44. The Labute approximate surface area is 292 Å². The van der Waals surface area contributed by atoms with E-state index >= 15 is 0 Å². The number of piperazine rings is 1. The summed E-state index contributed by atoms with van der Waals surface area (Å²) in [5.41, 5.74) is 1.69. The molecule has 3 aromatic carbocycles. The van der Waals surface area contributed by atoms with E-state index in [0.29, 0.717) is 47.4 Å². The van der Waals surface area contributed by atoms with Crippen LogP contribution in [0.2, 0.25) is 10.0 Å². The molecule has 1 amide bonds. The Balaban J connectivity index is 1.29. The molecular weight excluding hydrogens is 680 g/mol. The van der Waals surface area contributed by atoms with Gasteiger partial charge in [0.1, 0.15) is 27.2 Å². The van der Waals surface area contributed by atoms with Crippen LogP contribution in [-0.4, -0.2) is 73.4 Å². The highest BCUT2D eigenvalue weighted by Crippen LogP contribution is 2.45. The highest BCUT2D eigenvalue weighted by atomic mass is 35.5. The minimum Gasteiger partial charge on any atom is -0.495 e. The largest absolute Gasteiger partial charge is 0.495 e. The fraction of sp³-hybridized carbons (Fsp3) is 0.286. The van der Waals surface area contributed by atoms with E-state index in [1.165, 1.54) is 26.4 Å².